The first-order chi connectivity index (χ1) is 15.0. The van der Waals surface area contributed by atoms with Crippen molar-refractivity contribution in [2.45, 2.75) is 57.9 Å². The highest BCUT2D eigenvalue weighted by Gasteiger charge is 2.35. The van der Waals surface area contributed by atoms with E-state index < -0.39 is 5.54 Å². The van der Waals surface area contributed by atoms with Crippen LogP contribution in [0, 0.1) is 0 Å². The van der Waals surface area contributed by atoms with E-state index in [0.29, 0.717) is 16.7 Å². The van der Waals surface area contributed by atoms with E-state index in [-0.39, 0.29) is 11.6 Å². The van der Waals surface area contributed by atoms with Gasteiger partial charge in [-0.1, -0.05) is 30.7 Å². The van der Waals surface area contributed by atoms with Crippen molar-refractivity contribution in [1.29, 1.82) is 0 Å². The van der Waals surface area contributed by atoms with E-state index >= 15 is 0 Å². The maximum atomic E-state index is 13.2. The van der Waals surface area contributed by atoms with Gasteiger partial charge in [-0.3, -0.25) is 14.5 Å². The van der Waals surface area contributed by atoms with Crippen LogP contribution in [-0.4, -0.2) is 48.2 Å². The Morgan fingerprint density at radius 3 is 1.65 bits per heavy atom. The molecule has 2 heterocycles. The molecular formula is C27H34N2O2. The van der Waals surface area contributed by atoms with Crippen LogP contribution in [0.2, 0.25) is 0 Å². The number of piperidine rings is 2. The Balaban J connectivity index is 1.44. The van der Waals surface area contributed by atoms with Crippen molar-refractivity contribution in [1.82, 2.24) is 4.90 Å². The number of carbonyl (C=O) groups is 2. The van der Waals surface area contributed by atoms with Gasteiger partial charge in [0, 0.05) is 35.5 Å². The topological polar surface area (TPSA) is 40.6 Å². The van der Waals surface area contributed by atoms with Crippen LogP contribution in [0.5, 0.6) is 0 Å². The number of nitrogens with zero attached hydrogens (tertiary/aromatic N) is 2. The van der Waals surface area contributed by atoms with Crippen LogP contribution in [0.1, 0.15) is 78.7 Å². The second-order valence-electron chi connectivity index (χ2n) is 9.44. The summed E-state index contributed by atoms with van der Waals surface area (Å²) in [7, 11) is 0. The van der Waals surface area contributed by atoms with Crippen LogP contribution < -0.4 is 4.90 Å². The quantitative estimate of drug-likeness (QED) is 0.593. The van der Waals surface area contributed by atoms with Crippen LogP contribution in [0.4, 0.5) is 5.69 Å². The Hall–Kier alpha value is -2.46. The van der Waals surface area contributed by atoms with Crippen LogP contribution in [0.25, 0.3) is 0 Å². The van der Waals surface area contributed by atoms with Crippen molar-refractivity contribution in [3.8, 4) is 0 Å². The summed E-state index contributed by atoms with van der Waals surface area (Å²) in [4.78, 5) is 30.8. The number of anilines is 1. The van der Waals surface area contributed by atoms with Crippen molar-refractivity contribution < 1.29 is 9.59 Å². The van der Waals surface area contributed by atoms with E-state index in [1.54, 1.807) is 12.1 Å². The van der Waals surface area contributed by atoms with Gasteiger partial charge in [-0.25, -0.2) is 0 Å². The summed E-state index contributed by atoms with van der Waals surface area (Å²) in [5.41, 5.74) is 2.66. The van der Waals surface area contributed by atoms with Gasteiger partial charge >= 0.3 is 0 Å². The van der Waals surface area contributed by atoms with Gasteiger partial charge < -0.3 is 4.90 Å². The molecule has 31 heavy (non-hydrogen) atoms. The molecule has 164 valence electrons. The third-order valence-corrected chi connectivity index (χ3v) is 6.96. The molecule has 2 aliphatic heterocycles. The zero-order valence-electron chi connectivity index (χ0n) is 18.9. The van der Waals surface area contributed by atoms with Crippen molar-refractivity contribution in [2.24, 2.45) is 0 Å². The molecule has 4 nitrogen and oxygen atoms in total. The summed E-state index contributed by atoms with van der Waals surface area (Å²) in [6.07, 6.45) is 7.33. The van der Waals surface area contributed by atoms with Gasteiger partial charge in [0.2, 0.25) is 0 Å². The molecule has 0 aromatic heterocycles. The van der Waals surface area contributed by atoms with Crippen LogP contribution >= 0.6 is 0 Å². The smallest absolute Gasteiger partial charge is 0.193 e. The second kappa shape index (κ2) is 9.35. The molecule has 0 spiro atoms. The van der Waals surface area contributed by atoms with Gasteiger partial charge in [-0.15, -0.1) is 0 Å². The van der Waals surface area contributed by atoms with E-state index in [9.17, 15) is 9.59 Å². The third-order valence-electron chi connectivity index (χ3n) is 6.96. The lowest BCUT2D eigenvalue weighted by molar-refractivity contribution is 0.0579. The molecule has 4 rings (SSSR count). The predicted octanol–water partition coefficient (Wildman–Crippen LogP) is 5.36. The molecule has 0 bridgehead atoms. The molecule has 0 saturated carbocycles. The molecule has 2 aromatic rings. The fourth-order valence-corrected chi connectivity index (χ4v) is 4.87. The van der Waals surface area contributed by atoms with Crippen molar-refractivity contribution in [2.75, 3.05) is 31.1 Å². The SMILES string of the molecule is CC(C)(C(=O)c1ccc(C(=O)c2ccc(N3CCCCC3)cc2)cc1)N1CCCCC1. The number of likely N-dealkylation sites (tertiary alicyclic amines) is 1. The number of Topliss-reactive ketones (excluding diaryl/α,β-unsaturated/α-hetero) is 1. The zero-order valence-corrected chi connectivity index (χ0v) is 18.9. The zero-order chi connectivity index (χ0) is 21.8. The number of ketones is 2. The molecule has 0 amide bonds. The Morgan fingerprint density at radius 2 is 1.10 bits per heavy atom. The van der Waals surface area contributed by atoms with Crippen LogP contribution in [0.3, 0.4) is 0 Å². The maximum Gasteiger partial charge on any atom is 0.193 e. The van der Waals surface area contributed by atoms with Gasteiger partial charge in [0.15, 0.2) is 11.6 Å². The molecule has 4 heteroatoms. The van der Waals surface area contributed by atoms with E-state index in [1.165, 1.54) is 31.4 Å². The molecule has 2 saturated heterocycles. The maximum absolute atomic E-state index is 13.2. The monoisotopic (exact) mass is 418 g/mol. The number of hydrogen-bond acceptors (Lipinski definition) is 4. The standard InChI is InChI=1S/C27H34N2O2/c1-27(2,29-19-7-4-8-20-29)26(31)23-11-9-21(10-12-23)25(30)22-13-15-24(16-14-22)28-17-5-3-6-18-28/h9-16H,3-8,17-20H2,1-2H3. The summed E-state index contributed by atoms with van der Waals surface area (Å²) in [6.45, 7) is 8.17. The average Bonchev–Trinajstić information content (AvgIpc) is 2.84. The Kier molecular flexibility index (Phi) is 6.57. The Bertz CT molecular complexity index is 903. The van der Waals surface area contributed by atoms with Crippen molar-refractivity contribution in [3.05, 3.63) is 65.2 Å². The van der Waals surface area contributed by atoms with Crippen LogP contribution in [0.15, 0.2) is 48.5 Å². The summed E-state index contributed by atoms with van der Waals surface area (Å²) in [5, 5.41) is 0. The molecule has 2 aromatic carbocycles. The lowest BCUT2D eigenvalue weighted by atomic mass is 9.88. The first kappa shape index (κ1) is 21.8. The number of hydrogen-bond donors (Lipinski definition) is 0. The number of benzene rings is 2. The van der Waals surface area contributed by atoms with E-state index in [2.05, 4.69) is 21.9 Å². The second-order valence-corrected chi connectivity index (χ2v) is 9.44. The molecule has 2 fully saturated rings. The largest absolute Gasteiger partial charge is 0.372 e. The first-order valence-corrected chi connectivity index (χ1v) is 11.8. The normalized spacial score (nSPS) is 18.1. The van der Waals surface area contributed by atoms with Gasteiger partial charge in [-0.2, -0.15) is 0 Å². The minimum absolute atomic E-state index is 0.000478. The average molecular weight is 419 g/mol. The molecule has 0 aliphatic carbocycles. The molecule has 0 atom stereocenters. The summed E-state index contributed by atoms with van der Waals surface area (Å²) < 4.78 is 0. The minimum Gasteiger partial charge on any atom is -0.372 e. The lowest BCUT2D eigenvalue weighted by Crippen LogP contribution is -2.52. The fourth-order valence-electron chi connectivity index (χ4n) is 4.87. The molecule has 0 N–H and O–H groups in total. The first-order valence-electron chi connectivity index (χ1n) is 11.8. The van der Waals surface area contributed by atoms with Crippen molar-refractivity contribution in [3.63, 3.8) is 0 Å². The van der Waals surface area contributed by atoms with Gasteiger partial charge in [-0.05, 0) is 83.3 Å². The van der Waals surface area contributed by atoms with Gasteiger partial charge in [0.25, 0.3) is 0 Å². The minimum atomic E-state index is -0.518. The lowest BCUT2D eigenvalue weighted by Gasteiger charge is -2.39. The van der Waals surface area contributed by atoms with E-state index in [4.69, 9.17) is 0 Å². The Morgan fingerprint density at radius 1 is 0.645 bits per heavy atom. The Labute approximate surface area is 186 Å². The molecule has 0 unspecified atom stereocenters. The highest BCUT2D eigenvalue weighted by Crippen LogP contribution is 2.26. The van der Waals surface area contributed by atoms with Gasteiger partial charge in [0.1, 0.15) is 0 Å². The summed E-state index contributed by atoms with van der Waals surface area (Å²) >= 11 is 0. The van der Waals surface area contributed by atoms with Gasteiger partial charge in [0.05, 0.1) is 5.54 Å². The highest BCUT2D eigenvalue weighted by atomic mass is 16.1. The number of rotatable bonds is 6. The van der Waals surface area contributed by atoms with Crippen LogP contribution in [-0.2, 0) is 0 Å². The number of carbonyl (C=O) groups excluding carboxylic acids is 2. The third kappa shape index (κ3) is 4.74. The molecular weight excluding hydrogens is 384 g/mol. The molecule has 0 radical (unpaired) electrons. The summed E-state index contributed by atoms with van der Waals surface area (Å²) in [5.74, 6) is 0.124. The highest BCUT2D eigenvalue weighted by molar-refractivity contribution is 6.10. The summed E-state index contributed by atoms with van der Waals surface area (Å²) in [6, 6.07) is 15.2. The molecule has 2 aliphatic rings. The van der Waals surface area contributed by atoms with E-state index in [0.717, 1.165) is 39.0 Å². The predicted molar refractivity (Wildman–Crippen MR) is 126 cm³/mol. The van der Waals surface area contributed by atoms with E-state index in [1.807, 2.05) is 38.1 Å². The van der Waals surface area contributed by atoms with Crippen molar-refractivity contribution >= 4 is 17.3 Å². The fraction of sp³-hybridized carbons (Fsp3) is 0.481.